The van der Waals surface area contributed by atoms with Crippen molar-refractivity contribution in [3.05, 3.63) is 0 Å². The Morgan fingerprint density at radius 3 is 1.47 bits per heavy atom. The molecule has 13 nitrogen and oxygen atoms in total. The van der Waals surface area contributed by atoms with Crippen LogP contribution >= 0.6 is 7.82 Å². The number of hydrogen-bond donors (Lipinski definition) is 6. The zero-order chi connectivity index (χ0) is 11.9. The van der Waals surface area contributed by atoms with Crippen molar-refractivity contribution in [3.8, 4) is 0 Å². The van der Waals surface area contributed by atoms with Crippen molar-refractivity contribution in [2.24, 2.45) is 5.73 Å². The van der Waals surface area contributed by atoms with Crippen LogP contribution in [-0.2, 0) is 9.36 Å². The van der Waals surface area contributed by atoms with Gasteiger partial charge in [-0.3, -0.25) is 10.2 Å². The number of rotatable bonds is 2. The van der Waals surface area contributed by atoms with Crippen molar-refractivity contribution < 1.29 is 51.1 Å². The van der Waals surface area contributed by atoms with E-state index >= 15 is 0 Å². The van der Waals surface area contributed by atoms with Crippen LogP contribution in [0.15, 0.2) is 0 Å². The first-order chi connectivity index (χ1) is 6.04. The van der Waals surface area contributed by atoms with E-state index in [0.717, 1.165) is 4.90 Å². The van der Waals surface area contributed by atoms with Crippen LogP contribution in [0.3, 0.4) is 0 Å². The fraction of sp³-hybridized carbons (Fsp3) is 0.500. The van der Waals surface area contributed by atoms with Crippen LogP contribution in [0.1, 0.15) is 0 Å². The van der Waals surface area contributed by atoms with Crippen LogP contribution in [0.5, 0.6) is 0 Å². The number of likely N-dealkylation sites (N-methyl/N-ethyl adjacent to an activating group) is 1. The minimum absolute atomic E-state index is 0. The van der Waals surface area contributed by atoms with Gasteiger partial charge < -0.3 is 52.3 Å². The van der Waals surface area contributed by atoms with Crippen molar-refractivity contribution in [1.82, 2.24) is 4.90 Å². The molecular formula is C4H21N3NaO10P. The van der Waals surface area contributed by atoms with E-state index in [1.54, 1.807) is 0 Å². The molecule has 15 N–H and O–H groups in total. The van der Waals surface area contributed by atoms with Crippen LogP contribution in [0.25, 0.3) is 0 Å². The normalized spacial score (nSPS) is 7.16. The van der Waals surface area contributed by atoms with Crippen molar-refractivity contribution in [3.63, 3.8) is 0 Å². The molecule has 0 fully saturated rings. The summed E-state index contributed by atoms with van der Waals surface area (Å²) in [5, 5.41) is 14.9. The number of phosphoric acid groups is 1. The van der Waals surface area contributed by atoms with E-state index in [1.807, 2.05) is 0 Å². The first-order valence-corrected chi connectivity index (χ1v) is 4.65. The molecule has 0 radical (unpaired) electrons. The second kappa shape index (κ2) is 20.0. The molecule has 0 saturated carbocycles. The van der Waals surface area contributed by atoms with E-state index in [0.29, 0.717) is 0 Å². The average Bonchev–Trinajstić information content (AvgIpc) is 1.80. The maximum atomic E-state index is 9.92. The Hall–Kier alpha value is -0.310. The SMILES string of the molecule is CN(CC(=O)O)C(=N)N.O.O.O.O.O=P(O)(O)O.[NaH]. The molecule has 0 aliphatic heterocycles. The zero-order valence-corrected chi connectivity index (χ0v) is 10.2. The third-order valence-electron chi connectivity index (χ3n) is 0.784. The summed E-state index contributed by atoms with van der Waals surface area (Å²) in [7, 11) is -3.20. The summed E-state index contributed by atoms with van der Waals surface area (Å²) in [6.45, 7) is -0.227. The Labute approximate surface area is 130 Å². The number of guanidine groups is 1. The number of aliphatic carboxylic acids is 1. The van der Waals surface area contributed by atoms with E-state index < -0.39 is 13.8 Å². The Kier molecular flexibility index (Phi) is 45.1. The van der Waals surface area contributed by atoms with E-state index in [-0.39, 0.29) is 64.0 Å². The van der Waals surface area contributed by atoms with Crippen molar-refractivity contribution in [2.45, 2.75) is 0 Å². The monoisotopic (exact) mass is 325 g/mol. The average molecular weight is 325 g/mol. The van der Waals surface area contributed by atoms with Gasteiger partial charge in [-0.15, -0.1) is 0 Å². The van der Waals surface area contributed by atoms with Gasteiger partial charge in [0.25, 0.3) is 0 Å². The van der Waals surface area contributed by atoms with Gasteiger partial charge in [-0.25, -0.2) is 4.57 Å². The molecule has 0 aliphatic carbocycles. The van der Waals surface area contributed by atoms with E-state index in [2.05, 4.69) is 0 Å². The molecule has 0 saturated heterocycles. The number of carboxylic acid groups (broad SMARTS) is 1. The second-order valence-electron chi connectivity index (χ2n) is 2.15. The van der Waals surface area contributed by atoms with Gasteiger partial charge in [-0.1, -0.05) is 0 Å². The van der Waals surface area contributed by atoms with Gasteiger partial charge >= 0.3 is 43.3 Å². The quantitative estimate of drug-likeness (QED) is 0.122. The molecule has 0 amide bonds. The number of nitrogens with two attached hydrogens (primary N) is 1. The molecule has 15 heteroatoms. The van der Waals surface area contributed by atoms with Crippen molar-refractivity contribution >= 4 is 49.3 Å². The van der Waals surface area contributed by atoms with Crippen LogP contribution in [0.4, 0.5) is 0 Å². The molecule has 0 aromatic carbocycles. The van der Waals surface area contributed by atoms with Crippen LogP contribution in [0.2, 0.25) is 0 Å². The van der Waals surface area contributed by atoms with Gasteiger partial charge in [-0.05, 0) is 0 Å². The summed E-state index contributed by atoms with van der Waals surface area (Å²) in [6.07, 6.45) is 0. The van der Waals surface area contributed by atoms with Crippen LogP contribution < -0.4 is 5.73 Å². The number of nitrogens with zero attached hydrogens (tertiary/aromatic N) is 1. The fourth-order valence-electron chi connectivity index (χ4n) is 0.288. The molecule has 0 rings (SSSR count). The number of carboxylic acids is 1. The van der Waals surface area contributed by atoms with E-state index in [1.165, 1.54) is 7.05 Å². The summed E-state index contributed by atoms with van der Waals surface area (Å²) in [5.74, 6) is -1.23. The molecule has 0 spiro atoms. The summed E-state index contributed by atoms with van der Waals surface area (Å²) >= 11 is 0. The Morgan fingerprint density at radius 2 is 1.42 bits per heavy atom. The molecule has 0 unspecified atom stereocenters. The first kappa shape index (κ1) is 42.8. The summed E-state index contributed by atoms with van der Waals surface area (Å²) in [6, 6.07) is 0. The number of carbonyl (C=O) groups is 1. The second-order valence-corrected chi connectivity index (χ2v) is 3.17. The molecular weight excluding hydrogens is 304 g/mol. The standard InChI is InChI=1S/C4H9N3O2.Na.H3O4P.4H2O.H/c1-7(4(5)6)2-3(8)9;;1-5(2,3)4;;;;;/h2H2,1H3,(H3,5,6)(H,8,9);;(H3,1,2,3,4);4*1H2;. The maximum absolute atomic E-state index is 9.92. The van der Waals surface area contributed by atoms with Gasteiger partial charge in [0.1, 0.15) is 6.54 Å². The fourth-order valence-corrected chi connectivity index (χ4v) is 0.288. The molecule has 0 aliphatic rings. The number of nitrogens with one attached hydrogen (secondary N) is 1. The summed E-state index contributed by atoms with van der Waals surface area (Å²) in [4.78, 5) is 32.6. The predicted octanol–water partition coefficient (Wildman–Crippen LogP) is -5.98. The van der Waals surface area contributed by atoms with Crippen molar-refractivity contribution in [1.29, 1.82) is 5.41 Å². The summed E-state index contributed by atoms with van der Waals surface area (Å²) in [5.41, 5.74) is 4.93. The van der Waals surface area contributed by atoms with E-state index in [9.17, 15) is 4.79 Å². The molecule has 19 heavy (non-hydrogen) atoms. The first-order valence-electron chi connectivity index (χ1n) is 3.09. The molecule has 118 valence electrons. The number of hydrogen-bond acceptors (Lipinski definition) is 3. The van der Waals surface area contributed by atoms with Crippen LogP contribution in [-0.4, -0.2) is 102 Å². The van der Waals surface area contributed by atoms with Gasteiger partial charge in [0.05, 0.1) is 0 Å². The molecule has 0 aromatic heterocycles. The zero-order valence-electron chi connectivity index (χ0n) is 9.28. The third kappa shape index (κ3) is 73.6. The van der Waals surface area contributed by atoms with Crippen LogP contribution in [0, 0.1) is 5.41 Å². The molecule has 0 aromatic rings. The molecule has 0 atom stereocenters. The summed E-state index contributed by atoms with van der Waals surface area (Å²) < 4.78 is 8.88. The molecule has 0 heterocycles. The van der Waals surface area contributed by atoms with Crippen molar-refractivity contribution in [2.75, 3.05) is 13.6 Å². The van der Waals surface area contributed by atoms with Gasteiger partial charge in [0, 0.05) is 7.05 Å². The van der Waals surface area contributed by atoms with Gasteiger partial charge in [0.2, 0.25) is 0 Å². The van der Waals surface area contributed by atoms with Gasteiger partial charge in [-0.2, -0.15) is 0 Å². The Bertz CT molecular complexity index is 251. The Morgan fingerprint density at radius 1 is 1.21 bits per heavy atom. The Balaban J connectivity index is -0.0000000261. The predicted molar refractivity (Wildman–Crippen MR) is 68.0 cm³/mol. The topological polar surface area (TPSA) is 294 Å². The van der Waals surface area contributed by atoms with Gasteiger partial charge in [0.15, 0.2) is 5.96 Å². The minimum atomic E-state index is -4.64. The molecule has 0 bridgehead atoms. The van der Waals surface area contributed by atoms with E-state index in [4.69, 9.17) is 35.5 Å². The third-order valence-corrected chi connectivity index (χ3v) is 0.784.